The second-order valence-electron chi connectivity index (χ2n) is 3.66. The third kappa shape index (κ3) is 1.03. The smallest absolute Gasteiger partial charge is 0.320 e. The van der Waals surface area contributed by atoms with Gasteiger partial charge in [-0.2, -0.15) is 0 Å². The highest BCUT2D eigenvalue weighted by Gasteiger charge is 2.47. The van der Waals surface area contributed by atoms with Gasteiger partial charge < -0.3 is 5.11 Å². The van der Waals surface area contributed by atoms with Crippen LogP contribution >= 0.6 is 0 Å². The van der Waals surface area contributed by atoms with Gasteiger partial charge in [0, 0.05) is 6.04 Å². The maximum atomic E-state index is 10.7. The van der Waals surface area contributed by atoms with Crippen LogP contribution in [0.15, 0.2) is 0 Å². The predicted molar refractivity (Wildman–Crippen MR) is 40.3 cm³/mol. The third-order valence-electron chi connectivity index (χ3n) is 3.00. The second-order valence-corrected chi connectivity index (χ2v) is 3.66. The standard InChI is InChI=1S/C8H13NO2/c1-9-6(8(10)11)3-2-5-4-7(5)9/h5-7H,2-4H2,1H3,(H,10,11)/t5-,6+,7+/m1/s1. The Morgan fingerprint density at radius 3 is 2.91 bits per heavy atom. The van der Waals surface area contributed by atoms with E-state index >= 15 is 0 Å². The third-order valence-corrected chi connectivity index (χ3v) is 3.00. The first kappa shape index (κ1) is 7.10. The molecule has 0 aromatic heterocycles. The van der Waals surface area contributed by atoms with Crippen molar-refractivity contribution in [3.63, 3.8) is 0 Å². The van der Waals surface area contributed by atoms with Crippen LogP contribution in [0.4, 0.5) is 0 Å². The molecule has 1 saturated heterocycles. The maximum Gasteiger partial charge on any atom is 0.320 e. The first-order valence-electron chi connectivity index (χ1n) is 4.15. The zero-order valence-corrected chi connectivity index (χ0v) is 6.66. The lowest BCUT2D eigenvalue weighted by Gasteiger charge is -2.28. The molecule has 3 nitrogen and oxygen atoms in total. The summed E-state index contributed by atoms with van der Waals surface area (Å²) in [7, 11) is 1.93. The summed E-state index contributed by atoms with van der Waals surface area (Å²) in [6, 6.07) is 0.378. The molecule has 2 aliphatic rings. The van der Waals surface area contributed by atoms with E-state index in [9.17, 15) is 4.79 Å². The molecule has 0 amide bonds. The Labute approximate surface area is 66.0 Å². The van der Waals surface area contributed by atoms with Crippen LogP contribution in [0.25, 0.3) is 0 Å². The van der Waals surface area contributed by atoms with Crippen LogP contribution in [0.5, 0.6) is 0 Å². The van der Waals surface area contributed by atoms with Gasteiger partial charge in [-0.15, -0.1) is 0 Å². The molecule has 0 aromatic carbocycles. The van der Waals surface area contributed by atoms with E-state index in [0.717, 1.165) is 18.8 Å². The van der Waals surface area contributed by atoms with Crippen molar-refractivity contribution in [1.29, 1.82) is 0 Å². The number of aliphatic carboxylic acids is 1. The molecule has 0 aromatic rings. The zero-order valence-electron chi connectivity index (χ0n) is 6.66. The van der Waals surface area contributed by atoms with Crippen LogP contribution in [-0.4, -0.2) is 35.1 Å². The van der Waals surface area contributed by atoms with E-state index in [0.29, 0.717) is 6.04 Å². The van der Waals surface area contributed by atoms with Gasteiger partial charge in [0.25, 0.3) is 0 Å². The lowest BCUT2D eigenvalue weighted by Crippen LogP contribution is -2.43. The fourth-order valence-electron chi connectivity index (χ4n) is 2.15. The highest BCUT2D eigenvalue weighted by Crippen LogP contribution is 2.44. The Balaban J connectivity index is 2.05. The van der Waals surface area contributed by atoms with E-state index in [1.54, 1.807) is 0 Å². The molecule has 1 N–H and O–H groups in total. The van der Waals surface area contributed by atoms with E-state index in [1.807, 2.05) is 11.9 Å². The molecule has 2 fully saturated rings. The number of hydrogen-bond acceptors (Lipinski definition) is 2. The predicted octanol–water partition coefficient (Wildman–Crippen LogP) is 0.554. The number of carboxylic acid groups (broad SMARTS) is 1. The van der Waals surface area contributed by atoms with Gasteiger partial charge in [0.2, 0.25) is 0 Å². The summed E-state index contributed by atoms with van der Waals surface area (Å²) >= 11 is 0. The molecular weight excluding hydrogens is 142 g/mol. The molecule has 0 spiro atoms. The molecule has 1 saturated carbocycles. The summed E-state index contributed by atoms with van der Waals surface area (Å²) in [4.78, 5) is 12.7. The van der Waals surface area contributed by atoms with E-state index in [4.69, 9.17) is 5.11 Å². The van der Waals surface area contributed by atoms with Gasteiger partial charge in [0.05, 0.1) is 0 Å². The van der Waals surface area contributed by atoms with Gasteiger partial charge in [-0.1, -0.05) is 0 Å². The molecule has 11 heavy (non-hydrogen) atoms. The van der Waals surface area contributed by atoms with E-state index in [2.05, 4.69) is 0 Å². The topological polar surface area (TPSA) is 40.5 Å². The number of rotatable bonds is 1. The van der Waals surface area contributed by atoms with Crippen LogP contribution in [-0.2, 0) is 4.79 Å². The fourth-order valence-corrected chi connectivity index (χ4v) is 2.15. The number of piperidine rings is 1. The van der Waals surface area contributed by atoms with Crippen molar-refractivity contribution in [1.82, 2.24) is 4.90 Å². The van der Waals surface area contributed by atoms with E-state index < -0.39 is 5.97 Å². The van der Waals surface area contributed by atoms with Crippen LogP contribution in [0, 0.1) is 5.92 Å². The van der Waals surface area contributed by atoms with Crippen molar-refractivity contribution in [2.24, 2.45) is 5.92 Å². The monoisotopic (exact) mass is 155 g/mol. The SMILES string of the molecule is CN1[C@H](C(=O)O)CC[C@@H]2C[C@@H]21. The molecule has 1 heterocycles. The molecule has 2 rings (SSSR count). The van der Waals surface area contributed by atoms with Crippen molar-refractivity contribution < 1.29 is 9.90 Å². The van der Waals surface area contributed by atoms with Gasteiger partial charge >= 0.3 is 5.97 Å². The van der Waals surface area contributed by atoms with Gasteiger partial charge in [-0.25, -0.2) is 0 Å². The van der Waals surface area contributed by atoms with E-state index in [-0.39, 0.29) is 6.04 Å². The summed E-state index contributed by atoms with van der Waals surface area (Å²) < 4.78 is 0. The van der Waals surface area contributed by atoms with Crippen LogP contribution in [0.3, 0.4) is 0 Å². The second kappa shape index (κ2) is 2.21. The highest BCUT2D eigenvalue weighted by molar-refractivity contribution is 5.73. The Kier molecular flexibility index (Phi) is 1.42. The average Bonchev–Trinajstić information content (AvgIpc) is 2.66. The molecule has 0 radical (unpaired) electrons. The summed E-state index contributed by atoms with van der Waals surface area (Å²) in [5.41, 5.74) is 0. The minimum atomic E-state index is -0.655. The lowest BCUT2D eigenvalue weighted by molar-refractivity contribution is -0.144. The number of carboxylic acids is 1. The van der Waals surface area contributed by atoms with E-state index in [1.165, 1.54) is 6.42 Å². The number of likely N-dealkylation sites (tertiary alicyclic amines) is 1. The van der Waals surface area contributed by atoms with Gasteiger partial charge in [0.15, 0.2) is 0 Å². The van der Waals surface area contributed by atoms with Crippen LogP contribution < -0.4 is 0 Å². The van der Waals surface area contributed by atoms with Crippen molar-refractivity contribution >= 4 is 5.97 Å². The Bertz CT molecular complexity index is 193. The number of nitrogens with zero attached hydrogens (tertiary/aromatic N) is 1. The first-order chi connectivity index (χ1) is 5.20. The van der Waals surface area contributed by atoms with Crippen LogP contribution in [0.1, 0.15) is 19.3 Å². The fraction of sp³-hybridized carbons (Fsp3) is 0.875. The molecule has 1 aliphatic heterocycles. The van der Waals surface area contributed by atoms with Crippen LogP contribution in [0.2, 0.25) is 0 Å². The minimum absolute atomic E-state index is 0.209. The molecule has 62 valence electrons. The summed E-state index contributed by atoms with van der Waals surface area (Å²) in [6.07, 6.45) is 3.18. The minimum Gasteiger partial charge on any atom is -0.480 e. The lowest BCUT2D eigenvalue weighted by atomic mass is 10.0. The van der Waals surface area contributed by atoms with Crippen molar-refractivity contribution in [3.8, 4) is 0 Å². The Morgan fingerprint density at radius 1 is 1.55 bits per heavy atom. The maximum absolute atomic E-state index is 10.7. The van der Waals surface area contributed by atoms with Crippen molar-refractivity contribution in [2.75, 3.05) is 7.05 Å². The number of fused-ring (bicyclic) bond motifs is 1. The molecule has 0 bridgehead atoms. The quantitative estimate of drug-likeness (QED) is 0.601. The average molecular weight is 155 g/mol. The highest BCUT2D eigenvalue weighted by atomic mass is 16.4. The van der Waals surface area contributed by atoms with Crippen molar-refractivity contribution in [3.05, 3.63) is 0 Å². The van der Waals surface area contributed by atoms with Gasteiger partial charge in [-0.3, -0.25) is 9.69 Å². The summed E-state index contributed by atoms with van der Waals surface area (Å²) in [6.45, 7) is 0. The number of carbonyl (C=O) groups is 1. The van der Waals surface area contributed by atoms with Gasteiger partial charge in [0.1, 0.15) is 6.04 Å². The first-order valence-corrected chi connectivity index (χ1v) is 4.15. The Hall–Kier alpha value is -0.570. The molecule has 3 heteroatoms. The van der Waals surface area contributed by atoms with Gasteiger partial charge in [-0.05, 0) is 32.2 Å². The zero-order chi connectivity index (χ0) is 8.01. The molecule has 0 unspecified atom stereocenters. The number of likely N-dealkylation sites (N-methyl/N-ethyl adjacent to an activating group) is 1. The summed E-state index contributed by atoms with van der Waals surface area (Å²) in [5.74, 6) is 0.161. The molecule has 3 atom stereocenters. The molecular formula is C8H13NO2. The summed E-state index contributed by atoms with van der Waals surface area (Å²) in [5, 5.41) is 8.80. The normalized spacial score (nSPS) is 43.2. The Morgan fingerprint density at radius 2 is 2.27 bits per heavy atom. The molecule has 1 aliphatic carbocycles. The largest absolute Gasteiger partial charge is 0.480 e. The number of hydrogen-bond donors (Lipinski definition) is 1. The van der Waals surface area contributed by atoms with Crippen molar-refractivity contribution in [2.45, 2.75) is 31.3 Å².